The Balaban J connectivity index is 1.81. The number of anilines is 1. The molecule has 30 heavy (non-hydrogen) atoms. The zero-order valence-corrected chi connectivity index (χ0v) is 16.1. The molecule has 0 aliphatic rings. The maximum absolute atomic E-state index is 13.3. The summed E-state index contributed by atoms with van der Waals surface area (Å²) in [6.45, 7) is 1.71. The van der Waals surface area contributed by atoms with Crippen molar-refractivity contribution in [2.24, 2.45) is 0 Å². The number of fused-ring (bicyclic) bond motifs is 1. The molecule has 7 nitrogen and oxygen atoms in total. The Kier molecular flexibility index (Phi) is 4.86. The highest BCUT2D eigenvalue weighted by Crippen LogP contribution is 2.30. The van der Waals surface area contributed by atoms with Crippen molar-refractivity contribution in [3.63, 3.8) is 0 Å². The van der Waals surface area contributed by atoms with Crippen LogP contribution in [0.4, 0.5) is 10.1 Å². The number of amides is 1. The highest BCUT2D eigenvalue weighted by molar-refractivity contribution is 6.13. The van der Waals surface area contributed by atoms with Gasteiger partial charge in [0.1, 0.15) is 11.6 Å². The van der Waals surface area contributed by atoms with Gasteiger partial charge >= 0.3 is 0 Å². The van der Waals surface area contributed by atoms with E-state index >= 15 is 0 Å². The SMILES string of the molecule is COc1ccc(C#N)cc1NC(=O)c1cc(-c2ccc(F)cc2)nc2onc(C)c12. The molecule has 8 heteroatoms. The number of aromatic nitrogens is 2. The Morgan fingerprint density at radius 1 is 1.20 bits per heavy atom. The van der Waals surface area contributed by atoms with E-state index in [9.17, 15) is 9.18 Å². The van der Waals surface area contributed by atoms with Crippen LogP contribution in [0.1, 0.15) is 21.6 Å². The van der Waals surface area contributed by atoms with Crippen molar-refractivity contribution in [1.82, 2.24) is 10.1 Å². The van der Waals surface area contributed by atoms with Gasteiger partial charge in [0, 0.05) is 5.56 Å². The number of rotatable bonds is 4. The molecule has 1 N–H and O–H groups in total. The first-order chi connectivity index (χ1) is 14.5. The molecule has 2 heterocycles. The maximum Gasteiger partial charge on any atom is 0.259 e. The van der Waals surface area contributed by atoms with Crippen LogP contribution >= 0.6 is 0 Å². The molecule has 0 fully saturated rings. The molecule has 0 radical (unpaired) electrons. The van der Waals surface area contributed by atoms with E-state index in [1.54, 1.807) is 37.3 Å². The Labute approximate surface area is 170 Å². The molecule has 0 saturated carbocycles. The summed E-state index contributed by atoms with van der Waals surface area (Å²) in [5.74, 6) is -0.420. The fourth-order valence-corrected chi connectivity index (χ4v) is 3.11. The van der Waals surface area contributed by atoms with E-state index < -0.39 is 5.91 Å². The fraction of sp³-hybridized carbons (Fsp3) is 0.0909. The van der Waals surface area contributed by atoms with Gasteiger partial charge in [-0.15, -0.1) is 0 Å². The number of hydrogen-bond acceptors (Lipinski definition) is 6. The van der Waals surface area contributed by atoms with E-state index in [0.29, 0.717) is 39.3 Å². The van der Waals surface area contributed by atoms with E-state index in [1.807, 2.05) is 6.07 Å². The lowest BCUT2D eigenvalue weighted by atomic mass is 10.0. The minimum Gasteiger partial charge on any atom is -0.495 e. The van der Waals surface area contributed by atoms with Gasteiger partial charge in [-0.25, -0.2) is 9.37 Å². The minimum atomic E-state index is -0.453. The van der Waals surface area contributed by atoms with Gasteiger partial charge in [-0.3, -0.25) is 4.79 Å². The normalized spacial score (nSPS) is 10.6. The van der Waals surface area contributed by atoms with Gasteiger partial charge in [0.2, 0.25) is 0 Å². The number of nitrogens with zero attached hydrogens (tertiary/aromatic N) is 3. The fourth-order valence-electron chi connectivity index (χ4n) is 3.11. The second-order valence-corrected chi connectivity index (χ2v) is 6.49. The number of pyridine rings is 1. The molecule has 2 aromatic heterocycles. The number of halogens is 1. The van der Waals surface area contributed by atoms with Crippen molar-refractivity contribution in [3.8, 4) is 23.1 Å². The number of nitriles is 1. The summed E-state index contributed by atoms with van der Waals surface area (Å²) in [6.07, 6.45) is 0. The standard InChI is InChI=1S/C22H15FN4O3/c1-12-20-16(21(28)25-18-9-13(11-24)3-8-19(18)29-2)10-17(26-22(20)30-27-12)14-4-6-15(23)7-5-14/h3-10H,1-2H3,(H,25,28). The molecule has 1 amide bonds. The van der Waals surface area contributed by atoms with Crippen molar-refractivity contribution in [1.29, 1.82) is 5.26 Å². The Bertz CT molecular complexity index is 1310. The first-order valence-electron chi connectivity index (χ1n) is 8.92. The number of carbonyl (C=O) groups is 1. The highest BCUT2D eigenvalue weighted by Gasteiger charge is 2.20. The van der Waals surface area contributed by atoms with Crippen LogP contribution in [0.3, 0.4) is 0 Å². The lowest BCUT2D eigenvalue weighted by molar-refractivity contribution is 0.102. The van der Waals surface area contributed by atoms with E-state index in [4.69, 9.17) is 14.5 Å². The summed E-state index contributed by atoms with van der Waals surface area (Å²) >= 11 is 0. The number of carbonyl (C=O) groups excluding carboxylic acids is 1. The van der Waals surface area contributed by atoms with Crippen molar-refractivity contribution < 1.29 is 18.4 Å². The van der Waals surface area contributed by atoms with Crippen molar-refractivity contribution in [2.75, 3.05) is 12.4 Å². The van der Waals surface area contributed by atoms with Crippen LogP contribution in [0, 0.1) is 24.1 Å². The third-order valence-corrected chi connectivity index (χ3v) is 4.58. The second-order valence-electron chi connectivity index (χ2n) is 6.49. The van der Waals surface area contributed by atoms with E-state index in [-0.39, 0.29) is 17.1 Å². The number of nitrogens with one attached hydrogen (secondary N) is 1. The van der Waals surface area contributed by atoms with Crippen LogP contribution < -0.4 is 10.1 Å². The summed E-state index contributed by atoms with van der Waals surface area (Å²) < 4.78 is 23.8. The van der Waals surface area contributed by atoms with E-state index in [2.05, 4.69) is 15.5 Å². The van der Waals surface area contributed by atoms with Crippen LogP contribution in [0.5, 0.6) is 5.75 Å². The third-order valence-electron chi connectivity index (χ3n) is 4.58. The molecule has 0 atom stereocenters. The Hall–Kier alpha value is -4.25. The van der Waals surface area contributed by atoms with Gasteiger partial charge < -0.3 is 14.6 Å². The Morgan fingerprint density at radius 2 is 1.97 bits per heavy atom. The van der Waals surface area contributed by atoms with Gasteiger partial charge in [0.05, 0.1) is 46.8 Å². The number of ether oxygens (including phenoxy) is 1. The molecular formula is C22H15FN4O3. The monoisotopic (exact) mass is 402 g/mol. The average molecular weight is 402 g/mol. The number of hydrogen-bond donors (Lipinski definition) is 1. The second kappa shape index (κ2) is 7.64. The van der Waals surface area contributed by atoms with Gasteiger partial charge in [-0.2, -0.15) is 5.26 Å². The number of aryl methyl sites for hydroxylation is 1. The first-order valence-corrected chi connectivity index (χ1v) is 8.92. The maximum atomic E-state index is 13.3. The molecule has 0 unspecified atom stereocenters. The topological polar surface area (TPSA) is 101 Å². The van der Waals surface area contributed by atoms with Gasteiger partial charge in [-0.05, 0) is 55.5 Å². The molecule has 4 rings (SSSR count). The Morgan fingerprint density at radius 3 is 2.67 bits per heavy atom. The predicted molar refractivity (Wildman–Crippen MR) is 108 cm³/mol. The van der Waals surface area contributed by atoms with Crippen LogP contribution in [-0.2, 0) is 0 Å². The van der Waals surface area contributed by atoms with Crippen LogP contribution in [0.15, 0.2) is 53.1 Å². The largest absolute Gasteiger partial charge is 0.495 e. The quantitative estimate of drug-likeness (QED) is 0.540. The minimum absolute atomic E-state index is 0.192. The molecular weight excluding hydrogens is 387 g/mol. The molecule has 148 valence electrons. The third kappa shape index (κ3) is 3.44. The summed E-state index contributed by atoms with van der Waals surface area (Å²) in [6, 6.07) is 14.1. The zero-order chi connectivity index (χ0) is 21.3. The van der Waals surface area contributed by atoms with Crippen LogP contribution in [-0.4, -0.2) is 23.2 Å². The van der Waals surface area contributed by atoms with E-state index in [0.717, 1.165) is 0 Å². The molecule has 0 saturated heterocycles. The van der Waals surface area contributed by atoms with Gasteiger partial charge in [-0.1, -0.05) is 5.16 Å². The molecule has 2 aromatic carbocycles. The van der Waals surface area contributed by atoms with Crippen LogP contribution in [0.2, 0.25) is 0 Å². The molecule has 0 aliphatic heterocycles. The molecule has 0 spiro atoms. The number of methoxy groups -OCH3 is 1. The molecule has 0 bridgehead atoms. The van der Waals surface area contributed by atoms with Crippen molar-refractivity contribution >= 4 is 22.7 Å². The lowest BCUT2D eigenvalue weighted by Crippen LogP contribution is -2.14. The summed E-state index contributed by atoms with van der Waals surface area (Å²) in [7, 11) is 1.47. The van der Waals surface area contributed by atoms with E-state index in [1.165, 1.54) is 25.3 Å². The molecule has 0 aliphatic carbocycles. The first kappa shape index (κ1) is 19.1. The highest BCUT2D eigenvalue weighted by atomic mass is 19.1. The zero-order valence-electron chi connectivity index (χ0n) is 16.1. The smallest absolute Gasteiger partial charge is 0.259 e. The lowest BCUT2D eigenvalue weighted by Gasteiger charge is -2.12. The summed E-state index contributed by atoms with van der Waals surface area (Å²) in [4.78, 5) is 17.6. The molecule has 4 aromatic rings. The summed E-state index contributed by atoms with van der Waals surface area (Å²) in [5, 5.41) is 16.3. The van der Waals surface area contributed by atoms with Crippen molar-refractivity contribution in [2.45, 2.75) is 6.92 Å². The predicted octanol–water partition coefficient (Wildman–Crippen LogP) is 4.47. The van der Waals surface area contributed by atoms with Gasteiger partial charge in [0.15, 0.2) is 0 Å². The van der Waals surface area contributed by atoms with Crippen LogP contribution in [0.25, 0.3) is 22.4 Å². The van der Waals surface area contributed by atoms with Crippen molar-refractivity contribution in [3.05, 3.63) is 71.2 Å². The van der Waals surface area contributed by atoms with Gasteiger partial charge in [0.25, 0.3) is 11.6 Å². The summed E-state index contributed by atoms with van der Waals surface area (Å²) in [5.41, 5.74) is 2.75. The number of benzene rings is 2. The average Bonchev–Trinajstić information content (AvgIpc) is 3.14.